The summed E-state index contributed by atoms with van der Waals surface area (Å²) in [5.41, 5.74) is 0. The Balaban J connectivity index is 2.20. The number of hydrogen-bond acceptors (Lipinski definition) is 3. The van der Waals surface area contributed by atoms with Crippen LogP contribution in [0, 0.1) is 0 Å². The highest BCUT2D eigenvalue weighted by atomic mass is 35.5. The standard InChI is InChI=1S/C12H15Cl2NO3S/c1-8(10-5-3-7-18-10)15-19(16,17)11-6-2-4-9(13)12(11)14/h2,4,6,8,10,15H,3,5,7H2,1H3. The number of hydrogen-bond donors (Lipinski definition) is 1. The predicted octanol–water partition coefficient (Wildman–Crippen LogP) is 2.84. The van der Waals surface area contributed by atoms with Gasteiger partial charge in [-0.2, -0.15) is 0 Å². The molecule has 4 nitrogen and oxygen atoms in total. The summed E-state index contributed by atoms with van der Waals surface area (Å²) in [5.74, 6) is 0. The fraction of sp³-hybridized carbons (Fsp3) is 0.500. The Labute approximate surface area is 123 Å². The van der Waals surface area contributed by atoms with Crippen molar-refractivity contribution in [3.05, 3.63) is 28.2 Å². The number of sulfonamides is 1. The van der Waals surface area contributed by atoms with Crippen molar-refractivity contribution in [3.8, 4) is 0 Å². The van der Waals surface area contributed by atoms with Crippen molar-refractivity contribution in [3.63, 3.8) is 0 Å². The highest BCUT2D eigenvalue weighted by Crippen LogP contribution is 2.29. The summed E-state index contributed by atoms with van der Waals surface area (Å²) in [6.07, 6.45) is 1.72. The molecule has 1 N–H and O–H groups in total. The molecule has 2 unspecified atom stereocenters. The van der Waals surface area contributed by atoms with Gasteiger partial charge in [0.05, 0.1) is 16.1 Å². The molecule has 1 aliphatic rings. The number of benzene rings is 1. The lowest BCUT2D eigenvalue weighted by Gasteiger charge is -2.20. The molecular formula is C12H15Cl2NO3S. The predicted molar refractivity (Wildman–Crippen MR) is 75.2 cm³/mol. The van der Waals surface area contributed by atoms with Crippen molar-refractivity contribution in [1.29, 1.82) is 0 Å². The first-order valence-corrected chi connectivity index (χ1v) is 8.23. The molecule has 0 saturated carbocycles. The molecule has 1 saturated heterocycles. The number of rotatable bonds is 4. The van der Waals surface area contributed by atoms with Crippen molar-refractivity contribution < 1.29 is 13.2 Å². The van der Waals surface area contributed by atoms with Crippen LogP contribution in [0.4, 0.5) is 0 Å². The fourth-order valence-corrected chi connectivity index (χ4v) is 4.11. The zero-order valence-corrected chi connectivity index (χ0v) is 12.7. The largest absolute Gasteiger partial charge is 0.377 e. The molecule has 106 valence electrons. The molecule has 1 fully saturated rings. The van der Waals surface area contributed by atoms with E-state index in [1.807, 2.05) is 0 Å². The second-order valence-corrected chi connectivity index (χ2v) is 6.98. The molecule has 2 rings (SSSR count). The van der Waals surface area contributed by atoms with Crippen LogP contribution in [0.25, 0.3) is 0 Å². The van der Waals surface area contributed by atoms with E-state index in [0.29, 0.717) is 6.61 Å². The van der Waals surface area contributed by atoms with Gasteiger partial charge in [0.1, 0.15) is 4.90 Å². The van der Waals surface area contributed by atoms with Gasteiger partial charge in [-0.05, 0) is 31.9 Å². The van der Waals surface area contributed by atoms with Crippen LogP contribution >= 0.6 is 23.2 Å². The van der Waals surface area contributed by atoms with E-state index in [0.717, 1.165) is 12.8 Å². The Morgan fingerprint density at radius 1 is 1.42 bits per heavy atom. The molecule has 1 aliphatic heterocycles. The van der Waals surface area contributed by atoms with Crippen molar-refractivity contribution in [2.24, 2.45) is 0 Å². The highest BCUT2D eigenvalue weighted by Gasteiger charge is 2.28. The maximum atomic E-state index is 12.3. The van der Waals surface area contributed by atoms with E-state index in [-0.39, 0.29) is 27.1 Å². The zero-order chi connectivity index (χ0) is 14.0. The lowest BCUT2D eigenvalue weighted by Crippen LogP contribution is -2.40. The molecule has 0 bridgehead atoms. The summed E-state index contributed by atoms with van der Waals surface area (Å²) in [6.45, 7) is 2.46. The van der Waals surface area contributed by atoms with Crippen LogP contribution in [0.2, 0.25) is 10.0 Å². The maximum Gasteiger partial charge on any atom is 0.242 e. The lowest BCUT2D eigenvalue weighted by molar-refractivity contribution is 0.0902. The molecule has 0 aromatic heterocycles. The van der Waals surface area contributed by atoms with Crippen LogP contribution in [0.5, 0.6) is 0 Å². The molecule has 1 heterocycles. The molecule has 2 atom stereocenters. The van der Waals surface area contributed by atoms with Crippen molar-refractivity contribution >= 4 is 33.2 Å². The maximum absolute atomic E-state index is 12.3. The van der Waals surface area contributed by atoms with E-state index in [1.165, 1.54) is 6.07 Å². The Bertz CT molecular complexity index is 556. The first-order chi connectivity index (χ1) is 8.92. The average Bonchev–Trinajstić information content (AvgIpc) is 2.85. The summed E-state index contributed by atoms with van der Waals surface area (Å²) >= 11 is 11.8. The van der Waals surface area contributed by atoms with Gasteiger partial charge in [0.25, 0.3) is 0 Å². The second kappa shape index (κ2) is 5.97. The zero-order valence-electron chi connectivity index (χ0n) is 10.4. The Morgan fingerprint density at radius 2 is 2.16 bits per heavy atom. The smallest absolute Gasteiger partial charge is 0.242 e. The second-order valence-electron chi connectivity index (χ2n) is 4.51. The molecule has 0 spiro atoms. The first kappa shape index (κ1) is 15.1. The summed E-state index contributed by atoms with van der Waals surface area (Å²) in [7, 11) is -3.70. The summed E-state index contributed by atoms with van der Waals surface area (Å²) in [4.78, 5) is -0.00786. The van der Waals surface area contributed by atoms with E-state index in [2.05, 4.69) is 4.72 Å². The lowest BCUT2D eigenvalue weighted by atomic mass is 10.1. The molecule has 1 aromatic rings. The van der Waals surface area contributed by atoms with Crippen LogP contribution in [0.15, 0.2) is 23.1 Å². The van der Waals surface area contributed by atoms with Gasteiger partial charge in [0.2, 0.25) is 10.0 Å². The van der Waals surface area contributed by atoms with Gasteiger partial charge in [-0.15, -0.1) is 0 Å². The number of nitrogens with one attached hydrogen (secondary N) is 1. The first-order valence-electron chi connectivity index (χ1n) is 6.00. The minimum absolute atomic E-state index is 0.00786. The van der Waals surface area contributed by atoms with Crippen LogP contribution in [0.3, 0.4) is 0 Å². The molecule has 0 aliphatic carbocycles. The quantitative estimate of drug-likeness (QED) is 0.926. The minimum Gasteiger partial charge on any atom is -0.377 e. The normalized spacial score (nSPS) is 21.5. The number of halogens is 2. The van der Waals surface area contributed by atoms with Crippen molar-refractivity contribution in [2.45, 2.75) is 36.8 Å². The van der Waals surface area contributed by atoms with Crippen LogP contribution < -0.4 is 4.72 Å². The average molecular weight is 324 g/mol. The fourth-order valence-electron chi connectivity index (χ4n) is 2.07. The molecule has 0 amide bonds. The number of ether oxygens (including phenoxy) is 1. The Hall–Kier alpha value is -0.330. The van der Waals surface area contributed by atoms with E-state index in [1.54, 1.807) is 19.1 Å². The third kappa shape index (κ3) is 3.41. The monoisotopic (exact) mass is 323 g/mol. The van der Waals surface area contributed by atoms with Gasteiger partial charge in [-0.1, -0.05) is 29.3 Å². The Morgan fingerprint density at radius 3 is 2.79 bits per heavy atom. The molecule has 1 aromatic carbocycles. The van der Waals surface area contributed by atoms with Crippen molar-refractivity contribution in [2.75, 3.05) is 6.61 Å². The Kier molecular flexibility index (Phi) is 4.74. The molecule has 19 heavy (non-hydrogen) atoms. The van der Waals surface area contributed by atoms with Crippen LogP contribution in [-0.2, 0) is 14.8 Å². The topological polar surface area (TPSA) is 55.4 Å². The summed E-state index contributed by atoms with van der Waals surface area (Å²) < 4.78 is 32.6. The van der Waals surface area contributed by atoms with Gasteiger partial charge in [0.15, 0.2) is 0 Å². The van der Waals surface area contributed by atoms with Gasteiger partial charge < -0.3 is 4.74 Å². The van der Waals surface area contributed by atoms with E-state index >= 15 is 0 Å². The molecular weight excluding hydrogens is 309 g/mol. The van der Waals surface area contributed by atoms with Crippen molar-refractivity contribution in [1.82, 2.24) is 4.72 Å². The highest BCUT2D eigenvalue weighted by molar-refractivity contribution is 7.89. The van der Waals surface area contributed by atoms with E-state index < -0.39 is 10.0 Å². The van der Waals surface area contributed by atoms with Gasteiger partial charge in [-0.3, -0.25) is 0 Å². The van der Waals surface area contributed by atoms with Gasteiger partial charge in [-0.25, -0.2) is 13.1 Å². The third-order valence-electron chi connectivity index (χ3n) is 3.07. The SMILES string of the molecule is CC(NS(=O)(=O)c1cccc(Cl)c1Cl)C1CCCO1. The van der Waals surface area contributed by atoms with E-state index in [9.17, 15) is 8.42 Å². The van der Waals surface area contributed by atoms with Gasteiger partial charge >= 0.3 is 0 Å². The summed E-state index contributed by atoms with van der Waals surface area (Å²) in [6, 6.07) is 4.23. The van der Waals surface area contributed by atoms with Crippen LogP contribution in [-0.4, -0.2) is 27.2 Å². The minimum atomic E-state index is -3.70. The van der Waals surface area contributed by atoms with Crippen LogP contribution in [0.1, 0.15) is 19.8 Å². The third-order valence-corrected chi connectivity index (χ3v) is 5.60. The van der Waals surface area contributed by atoms with Gasteiger partial charge in [0, 0.05) is 12.6 Å². The molecule has 0 radical (unpaired) electrons. The van der Waals surface area contributed by atoms with E-state index in [4.69, 9.17) is 27.9 Å². The molecule has 7 heteroatoms. The summed E-state index contributed by atoms with van der Waals surface area (Å²) in [5, 5.41) is 0.255.